The second kappa shape index (κ2) is 3.62. The van der Waals surface area contributed by atoms with E-state index in [1.807, 2.05) is 30.3 Å². The molecule has 3 aromatic rings. The number of nitrogens with zero attached hydrogens (tertiary/aromatic N) is 5. The summed E-state index contributed by atoms with van der Waals surface area (Å²) in [6.07, 6.45) is 3.37. The van der Waals surface area contributed by atoms with Gasteiger partial charge in [0.05, 0.1) is 0 Å². The number of aromatic nitrogens is 5. The Bertz CT molecular complexity index is 623. The zero-order chi connectivity index (χ0) is 10.8. The lowest BCUT2D eigenvalue weighted by Crippen LogP contribution is -1.96. The second-order valence-corrected chi connectivity index (χ2v) is 3.20. The lowest BCUT2D eigenvalue weighted by molar-refractivity contribution is 1.00. The summed E-state index contributed by atoms with van der Waals surface area (Å²) in [6, 6.07) is 9.25. The summed E-state index contributed by atoms with van der Waals surface area (Å²) in [7, 11) is 0. The minimum Gasteiger partial charge on any atom is -0.253 e. The topological polar surface area (TPSA) is 64.5 Å². The Morgan fingerprint density at radius 1 is 0.812 bits per heavy atom. The van der Waals surface area contributed by atoms with Crippen LogP contribution in [-0.2, 0) is 0 Å². The van der Waals surface area contributed by atoms with Gasteiger partial charge in [0, 0.05) is 12.4 Å². The van der Waals surface area contributed by atoms with Crippen molar-refractivity contribution in [3.63, 3.8) is 0 Å². The average molecular weight is 209 g/mol. The molecular formula is C11H7N5. The van der Waals surface area contributed by atoms with E-state index in [9.17, 15) is 0 Å². The molecule has 0 aromatic carbocycles. The van der Waals surface area contributed by atoms with Gasteiger partial charge in [-0.1, -0.05) is 6.07 Å². The zero-order valence-electron chi connectivity index (χ0n) is 8.28. The fraction of sp³-hybridized carbons (Fsp3) is 0. The van der Waals surface area contributed by atoms with Crippen LogP contribution in [0.3, 0.4) is 0 Å². The van der Waals surface area contributed by atoms with Gasteiger partial charge in [-0.2, -0.15) is 0 Å². The minimum absolute atomic E-state index is 0.515. The van der Waals surface area contributed by atoms with E-state index in [-0.39, 0.29) is 0 Å². The highest BCUT2D eigenvalue weighted by Gasteiger charge is 2.04. The Morgan fingerprint density at radius 2 is 1.75 bits per heavy atom. The van der Waals surface area contributed by atoms with Crippen molar-refractivity contribution in [2.75, 3.05) is 0 Å². The highest BCUT2D eigenvalue weighted by Crippen LogP contribution is 2.12. The molecule has 0 amide bonds. The highest BCUT2D eigenvalue weighted by molar-refractivity contribution is 5.70. The first kappa shape index (κ1) is 8.84. The van der Waals surface area contributed by atoms with Crippen LogP contribution in [0.4, 0.5) is 0 Å². The average Bonchev–Trinajstić information content (AvgIpc) is 2.39. The Hall–Kier alpha value is -2.43. The third kappa shape index (κ3) is 1.48. The van der Waals surface area contributed by atoms with Crippen LogP contribution in [0.1, 0.15) is 0 Å². The molecule has 76 valence electrons. The molecule has 5 heteroatoms. The van der Waals surface area contributed by atoms with Crippen molar-refractivity contribution in [3.8, 4) is 11.5 Å². The van der Waals surface area contributed by atoms with E-state index in [2.05, 4.69) is 25.1 Å². The normalized spacial score (nSPS) is 10.5. The van der Waals surface area contributed by atoms with E-state index in [0.29, 0.717) is 17.2 Å². The lowest BCUT2D eigenvalue weighted by atomic mass is 10.3. The number of pyridine rings is 2. The molecule has 0 radical (unpaired) electrons. The lowest BCUT2D eigenvalue weighted by Gasteiger charge is -1.98. The van der Waals surface area contributed by atoms with E-state index >= 15 is 0 Å². The molecule has 0 aliphatic rings. The molecule has 0 bridgehead atoms. The molecule has 5 nitrogen and oxygen atoms in total. The zero-order valence-corrected chi connectivity index (χ0v) is 8.28. The first-order chi connectivity index (χ1) is 7.93. The number of hydrogen-bond donors (Lipinski definition) is 0. The van der Waals surface area contributed by atoms with Gasteiger partial charge in [0.1, 0.15) is 11.2 Å². The van der Waals surface area contributed by atoms with Gasteiger partial charge >= 0.3 is 0 Å². The highest BCUT2D eigenvalue weighted by atomic mass is 15.2. The summed E-state index contributed by atoms with van der Waals surface area (Å²) in [5.41, 5.74) is 1.97. The summed E-state index contributed by atoms with van der Waals surface area (Å²) in [6.45, 7) is 0. The minimum atomic E-state index is 0.515. The summed E-state index contributed by atoms with van der Waals surface area (Å²) in [4.78, 5) is 12.6. The molecular weight excluding hydrogens is 202 g/mol. The molecule has 0 saturated heterocycles. The largest absolute Gasteiger partial charge is 0.253 e. The van der Waals surface area contributed by atoms with Crippen LogP contribution >= 0.6 is 0 Å². The summed E-state index contributed by atoms with van der Waals surface area (Å²) in [5, 5.41) is 7.98. The first-order valence-electron chi connectivity index (χ1n) is 4.80. The van der Waals surface area contributed by atoms with E-state index in [1.54, 1.807) is 12.4 Å². The molecule has 0 unspecified atom stereocenters. The van der Waals surface area contributed by atoms with Crippen LogP contribution in [0.15, 0.2) is 42.7 Å². The summed E-state index contributed by atoms with van der Waals surface area (Å²) < 4.78 is 0. The maximum Gasteiger partial charge on any atom is 0.201 e. The fourth-order valence-electron chi connectivity index (χ4n) is 1.39. The van der Waals surface area contributed by atoms with Gasteiger partial charge in [0.2, 0.25) is 5.82 Å². The van der Waals surface area contributed by atoms with Crippen LogP contribution < -0.4 is 0 Å². The standard InChI is InChI=1S/C11H7N5/c1-2-6-12-8(4-1)11-14-9-5-3-7-13-10(9)15-16-11/h1-7H. The van der Waals surface area contributed by atoms with Crippen LogP contribution in [0.25, 0.3) is 22.7 Å². The molecule has 3 rings (SSSR count). The van der Waals surface area contributed by atoms with Crippen LogP contribution in [0, 0.1) is 0 Å². The Morgan fingerprint density at radius 3 is 2.62 bits per heavy atom. The van der Waals surface area contributed by atoms with E-state index < -0.39 is 0 Å². The third-order valence-electron chi connectivity index (χ3n) is 2.13. The van der Waals surface area contributed by atoms with Gasteiger partial charge in [0.15, 0.2) is 5.65 Å². The molecule has 0 aliphatic carbocycles. The van der Waals surface area contributed by atoms with Gasteiger partial charge in [-0.3, -0.25) is 4.98 Å². The molecule has 3 heterocycles. The van der Waals surface area contributed by atoms with Gasteiger partial charge in [-0.25, -0.2) is 9.97 Å². The fourth-order valence-corrected chi connectivity index (χ4v) is 1.39. The molecule has 16 heavy (non-hydrogen) atoms. The van der Waals surface area contributed by atoms with Crippen molar-refractivity contribution in [1.29, 1.82) is 0 Å². The van der Waals surface area contributed by atoms with E-state index in [0.717, 1.165) is 5.52 Å². The summed E-state index contributed by atoms with van der Waals surface area (Å²) >= 11 is 0. The predicted octanol–water partition coefficient (Wildman–Crippen LogP) is 1.48. The van der Waals surface area contributed by atoms with Crippen molar-refractivity contribution in [2.45, 2.75) is 0 Å². The molecule has 0 N–H and O–H groups in total. The van der Waals surface area contributed by atoms with E-state index in [4.69, 9.17) is 0 Å². The molecule has 0 aliphatic heterocycles. The number of hydrogen-bond acceptors (Lipinski definition) is 5. The number of fused-ring (bicyclic) bond motifs is 1. The Labute approximate surface area is 91.2 Å². The summed E-state index contributed by atoms with van der Waals surface area (Å²) in [5.74, 6) is 0.515. The molecule has 0 saturated carbocycles. The van der Waals surface area contributed by atoms with E-state index in [1.165, 1.54) is 0 Å². The van der Waals surface area contributed by atoms with Crippen molar-refractivity contribution < 1.29 is 0 Å². The van der Waals surface area contributed by atoms with Gasteiger partial charge in [0.25, 0.3) is 0 Å². The smallest absolute Gasteiger partial charge is 0.201 e. The van der Waals surface area contributed by atoms with Crippen molar-refractivity contribution in [1.82, 2.24) is 25.1 Å². The van der Waals surface area contributed by atoms with Gasteiger partial charge in [-0.05, 0) is 24.3 Å². The van der Waals surface area contributed by atoms with Crippen molar-refractivity contribution >= 4 is 11.2 Å². The third-order valence-corrected chi connectivity index (χ3v) is 2.13. The SMILES string of the molecule is c1ccc(-c2nnc3ncccc3n2)nc1. The Kier molecular flexibility index (Phi) is 2.00. The van der Waals surface area contributed by atoms with Crippen LogP contribution in [0.5, 0.6) is 0 Å². The monoisotopic (exact) mass is 209 g/mol. The maximum atomic E-state index is 4.35. The Balaban J connectivity index is 2.19. The predicted molar refractivity (Wildman–Crippen MR) is 58.4 cm³/mol. The van der Waals surface area contributed by atoms with Crippen molar-refractivity contribution in [3.05, 3.63) is 42.7 Å². The van der Waals surface area contributed by atoms with Crippen LogP contribution in [0.2, 0.25) is 0 Å². The molecule has 0 spiro atoms. The van der Waals surface area contributed by atoms with Crippen LogP contribution in [-0.4, -0.2) is 25.1 Å². The molecule has 0 atom stereocenters. The molecule has 3 aromatic heterocycles. The molecule has 0 fully saturated rings. The second-order valence-electron chi connectivity index (χ2n) is 3.20. The quantitative estimate of drug-likeness (QED) is 0.607. The van der Waals surface area contributed by atoms with Crippen molar-refractivity contribution in [2.24, 2.45) is 0 Å². The maximum absolute atomic E-state index is 4.35. The number of rotatable bonds is 1. The van der Waals surface area contributed by atoms with Gasteiger partial charge in [-0.15, -0.1) is 10.2 Å². The first-order valence-corrected chi connectivity index (χ1v) is 4.80. The van der Waals surface area contributed by atoms with Gasteiger partial charge < -0.3 is 0 Å².